The molecule has 5 atom stereocenters. The lowest BCUT2D eigenvalue weighted by Gasteiger charge is -2.31. The van der Waals surface area contributed by atoms with Crippen LogP contribution in [-0.4, -0.2) is 87.2 Å². The third-order valence-corrected chi connectivity index (χ3v) is 11.7. The van der Waals surface area contributed by atoms with Crippen LogP contribution in [0.1, 0.15) is 63.5 Å². The molecule has 2 saturated heterocycles. The second kappa shape index (κ2) is 16.7. The van der Waals surface area contributed by atoms with Gasteiger partial charge < -0.3 is 35.3 Å². The van der Waals surface area contributed by atoms with Crippen molar-refractivity contribution in [1.82, 2.24) is 14.9 Å². The van der Waals surface area contributed by atoms with Gasteiger partial charge in [0.15, 0.2) is 6.29 Å². The fourth-order valence-electron chi connectivity index (χ4n) is 7.19. The summed E-state index contributed by atoms with van der Waals surface area (Å²) in [6, 6.07) is 13.1. The first-order chi connectivity index (χ1) is 24.6. The molecule has 3 heterocycles. The number of nitrogens with one attached hydrogen (secondary N) is 3. The van der Waals surface area contributed by atoms with E-state index in [1.807, 2.05) is 44.2 Å². The van der Waals surface area contributed by atoms with E-state index >= 15 is 0 Å². The Morgan fingerprint density at radius 2 is 1.96 bits per heavy atom. The molecule has 5 unspecified atom stereocenters. The van der Waals surface area contributed by atoms with Gasteiger partial charge in [0.05, 0.1) is 41.7 Å². The monoisotopic (exact) mass is 722 g/mol. The van der Waals surface area contributed by atoms with Crippen molar-refractivity contribution in [2.24, 2.45) is 11.8 Å². The summed E-state index contributed by atoms with van der Waals surface area (Å²) >= 11 is 0. The summed E-state index contributed by atoms with van der Waals surface area (Å²) in [4.78, 5) is 26.1. The Morgan fingerprint density at radius 1 is 1.14 bits per heavy atom. The smallest absolute Gasteiger partial charge is 0.407 e. The second-order valence-corrected chi connectivity index (χ2v) is 16.2. The molecule has 6 rings (SSSR count). The van der Waals surface area contributed by atoms with Gasteiger partial charge in [-0.2, -0.15) is 4.31 Å². The Bertz CT molecular complexity index is 1710. The summed E-state index contributed by atoms with van der Waals surface area (Å²) in [5.74, 6) is -0.429. The van der Waals surface area contributed by atoms with E-state index in [9.17, 15) is 23.1 Å². The molecule has 0 bridgehead atoms. The lowest BCUT2D eigenvalue weighted by atomic mass is 9.97. The lowest BCUT2D eigenvalue weighted by Crippen LogP contribution is -2.51. The average molecular weight is 723 g/mol. The maximum absolute atomic E-state index is 14.3. The highest BCUT2D eigenvalue weighted by Gasteiger charge is 2.44. The number of carbonyl (C=O) groups is 2. The van der Waals surface area contributed by atoms with Gasteiger partial charge in [-0.05, 0) is 74.6 Å². The summed E-state index contributed by atoms with van der Waals surface area (Å²) in [5.41, 5.74) is 3.67. The summed E-state index contributed by atoms with van der Waals surface area (Å²) in [6.07, 6.45) is 7.59. The molecule has 4 aliphatic rings. The third kappa shape index (κ3) is 9.19. The second-order valence-electron chi connectivity index (χ2n) is 14.2. The zero-order valence-corrected chi connectivity index (χ0v) is 30.2. The van der Waals surface area contributed by atoms with Crippen molar-refractivity contribution in [2.45, 2.75) is 88.2 Å². The number of rotatable bonds is 15. The zero-order chi connectivity index (χ0) is 36.0. The standard InChI is InChI=1S/C38H50N4O8S/c1-25(2)22-42(23-34(43)33(19-27-11-7-4-8-12-27)41-38(45)50-35-24-49-37-29(35)16-18-48-37)51(46,47)28-13-14-32-30(20-28)31(36(44)40-32)21-39-17-15-26-9-5-3-6-10-26/h4,7-9,11-14,20-21,25,29,33-35,37,39,43H,3,5-6,10,15-19,22-24H2,1-2H3,(H,40,44)(H,41,45). The molecule has 51 heavy (non-hydrogen) atoms. The number of aliphatic hydroxyl groups is 1. The van der Waals surface area contributed by atoms with Crippen LogP contribution in [0.4, 0.5) is 10.5 Å². The number of anilines is 1. The number of sulfonamides is 1. The number of carbonyl (C=O) groups excluding carboxylic acids is 2. The highest BCUT2D eigenvalue weighted by atomic mass is 32.2. The normalized spacial score (nSPS) is 23.5. The number of amides is 2. The third-order valence-electron chi connectivity index (χ3n) is 9.90. The molecule has 2 amide bonds. The van der Waals surface area contributed by atoms with Crippen molar-refractivity contribution < 1.29 is 37.3 Å². The van der Waals surface area contributed by atoms with Gasteiger partial charge in [0, 0.05) is 37.1 Å². The van der Waals surface area contributed by atoms with E-state index < -0.39 is 34.4 Å². The van der Waals surface area contributed by atoms with E-state index in [0.717, 1.165) is 31.2 Å². The topological polar surface area (TPSA) is 156 Å². The molecular weight excluding hydrogens is 673 g/mol. The van der Waals surface area contributed by atoms with Crippen molar-refractivity contribution in [3.63, 3.8) is 0 Å². The number of alkyl carbamates (subject to hydrolysis) is 1. The first-order valence-electron chi connectivity index (χ1n) is 18.1. The minimum absolute atomic E-state index is 0.00501. The number of hydrogen-bond acceptors (Lipinski definition) is 9. The predicted molar refractivity (Wildman–Crippen MR) is 193 cm³/mol. The Balaban J connectivity index is 1.18. The molecule has 2 aromatic carbocycles. The largest absolute Gasteiger partial charge is 0.443 e. The Morgan fingerprint density at radius 3 is 2.73 bits per heavy atom. The Labute approximate surface area is 300 Å². The number of allylic oxidation sites excluding steroid dienone is 1. The highest BCUT2D eigenvalue weighted by molar-refractivity contribution is 7.89. The molecule has 13 heteroatoms. The minimum Gasteiger partial charge on any atom is -0.443 e. The molecular formula is C38H50N4O8S. The van der Waals surface area contributed by atoms with Gasteiger partial charge in [0.1, 0.15) is 6.10 Å². The van der Waals surface area contributed by atoms with E-state index in [4.69, 9.17) is 14.2 Å². The van der Waals surface area contributed by atoms with Crippen molar-refractivity contribution in [1.29, 1.82) is 0 Å². The predicted octanol–water partition coefficient (Wildman–Crippen LogP) is 4.57. The first kappa shape index (κ1) is 37.0. The SMILES string of the molecule is CC(C)CN(CC(O)C(Cc1ccccc1)NC(=O)OC1COC2OCCC12)S(=O)(=O)c1ccc2c(c1)C(=CNCCC1=CCCCC1)C(=O)N2. The number of fused-ring (bicyclic) bond motifs is 2. The van der Waals surface area contributed by atoms with Crippen molar-refractivity contribution in [3.8, 4) is 0 Å². The first-order valence-corrected chi connectivity index (χ1v) is 19.5. The number of nitrogens with zero attached hydrogens (tertiary/aromatic N) is 1. The van der Waals surface area contributed by atoms with Crippen LogP contribution in [0.5, 0.6) is 0 Å². The zero-order valence-electron chi connectivity index (χ0n) is 29.4. The average Bonchev–Trinajstić information content (AvgIpc) is 3.82. The van der Waals surface area contributed by atoms with Gasteiger partial charge in [0.25, 0.3) is 5.91 Å². The summed E-state index contributed by atoms with van der Waals surface area (Å²) < 4.78 is 46.7. The van der Waals surface area contributed by atoms with Crippen LogP contribution in [0.15, 0.2) is 71.3 Å². The molecule has 0 aromatic heterocycles. The molecule has 2 fully saturated rings. The maximum Gasteiger partial charge on any atom is 0.407 e. The van der Waals surface area contributed by atoms with E-state index in [-0.39, 0.29) is 55.0 Å². The number of aliphatic hydroxyl groups excluding tert-OH is 1. The van der Waals surface area contributed by atoms with E-state index in [2.05, 4.69) is 22.0 Å². The van der Waals surface area contributed by atoms with Gasteiger partial charge in [-0.15, -0.1) is 0 Å². The van der Waals surface area contributed by atoms with E-state index in [0.29, 0.717) is 30.0 Å². The van der Waals surface area contributed by atoms with E-state index in [1.165, 1.54) is 34.9 Å². The van der Waals surface area contributed by atoms with Gasteiger partial charge in [0.2, 0.25) is 10.0 Å². The van der Waals surface area contributed by atoms with E-state index in [1.54, 1.807) is 12.3 Å². The van der Waals surface area contributed by atoms with Crippen LogP contribution in [0.2, 0.25) is 0 Å². The molecule has 1 aliphatic carbocycles. The van der Waals surface area contributed by atoms with Crippen molar-refractivity contribution >= 4 is 33.3 Å². The molecule has 2 aromatic rings. The van der Waals surface area contributed by atoms with Crippen LogP contribution in [0, 0.1) is 11.8 Å². The fourth-order valence-corrected chi connectivity index (χ4v) is 8.84. The molecule has 0 saturated carbocycles. The highest BCUT2D eigenvalue weighted by Crippen LogP contribution is 2.35. The summed E-state index contributed by atoms with van der Waals surface area (Å²) in [7, 11) is -4.15. The maximum atomic E-state index is 14.3. The Kier molecular flexibility index (Phi) is 12.1. The van der Waals surface area contributed by atoms with Crippen molar-refractivity contribution in [2.75, 3.05) is 38.2 Å². The molecule has 4 N–H and O–H groups in total. The van der Waals surface area contributed by atoms with Gasteiger partial charge >= 0.3 is 6.09 Å². The number of benzene rings is 2. The molecule has 0 spiro atoms. The summed E-state index contributed by atoms with van der Waals surface area (Å²) in [5, 5.41) is 20.6. The Hall–Kier alpha value is -3.75. The van der Waals surface area contributed by atoms with Crippen LogP contribution in [0.3, 0.4) is 0 Å². The molecule has 276 valence electrons. The molecule has 12 nitrogen and oxygen atoms in total. The van der Waals surface area contributed by atoms with Crippen LogP contribution in [-0.2, 0) is 35.4 Å². The van der Waals surface area contributed by atoms with Crippen molar-refractivity contribution in [3.05, 3.63) is 77.5 Å². The van der Waals surface area contributed by atoms with Crippen LogP contribution in [0.25, 0.3) is 5.57 Å². The lowest BCUT2D eigenvalue weighted by molar-refractivity contribution is -0.110. The van der Waals surface area contributed by atoms with Gasteiger partial charge in [-0.3, -0.25) is 4.79 Å². The van der Waals surface area contributed by atoms with Gasteiger partial charge in [-0.1, -0.05) is 55.8 Å². The number of ether oxygens (including phenoxy) is 3. The van der Waals surface area contributed by atoms with Crippen LogP contribution >= 0.6 is 0 Å². The molecule has 3 aliphatic heterocycles. The molecule has 0 radical (unpaired) electrons. The fraction of sp³-hybridized carbons (Fsp3) is 0.526. The summed E-state index contributed by atoms with van der Waals surface area (Å²) in [6.45, 7) is 5.08. The number of hydrogen-bond donors (Lipinski definition) is 4. The minimum atomic E-state index is -4.15. The quantitative estimate of drug-likeness (QED) is 0.118. The van der Waals surface area contributed by atoms with Crippen LogP contribution < -0.4 is 16.0 Å². The van der Waals surface area contributed by atoms with Gasteiger partial charge in [-0.25, -0.2) is 13.2 Å².